The Kier molecular flexibility index (Phi) is 7.35. The van der Waals surface area contributed by atoms with E-state index in [0.29, 0.717) is 44.6 Å². The fourth-order valence-electron chi connectivity index (χ4n) is 3.59. The number of nitrogens with one attached hydrogen (secondary N) is 1. The number of benzene rings is 1. The largest absolute Gasteiger partial charge is 0.377 e. The number of carbonyl (C=O) groups is 2. The molecule has 0 spiro atoms. The van der Waals surface area contributed by atoms with E-state index in [1.54, 1.807) is 24.1 Å². The number of hydrogen-bond acceptors (Lipinski definition) is 6. The Morgan fingerprint density at radius 1 is 1.30 bits per heavy atom. The predicted octanol–water partition coefficient (Wildman–Crippen LogP) is 3.99. The lowest BCUT2D eigenvalue weighted by molar-refractivity contribution is -0.125. The van der Waals surface area contributed by atoms with Gasteiger partial charge in [-0.3, -0.25) is 9.59 Å². The van der Waals surface area contributed by atoms with Crippen LogP contribution < -0.4 is 10.2 Å². The van der Waals surface area contributed by atoms with Crippen molar-refractivity contribution in [3.8, 4) is 5.69 Å². The molecule has 0 unspecified atom stereocenters. The molecule has 174 valence electrons. The zero-order valence-electron chi connectivity index (χ0n) is 18.1. The first kappa shape index (κ1) is 23.7. The summed E-state index contributed by atoms with van der Waals surface area (Å²) < 4.78 is 13.0. The summed E-state index contributed by atoms with van der Waals surface area (Å²) in [6.07, 6.45) is 1.84. The average Bonchev–Trinajstić information content (AvgIpc) is 3.40. The van der Waals surface area contributed by atoms with Crippen LogP contribution in [0.2, 0.25) is 9.36 Å². The minimum Gasteiger partial charge on any atom is -0.377 e. The number of anilines is 1. The third kappa shape index (κ3) is 5.23. The highest BCUT2D eigenvalue weighted by atomic mass is 35.5. The van der Waals surface area contributed by atoms with Gasteiger partial charge in [0.05, 0.1) is 44.5 Å². The number of imidazole rings is 1. The molecule has 1 aliphatic heterocycles. The normalized spacial score (nSPS) is 14.1. The van der Waals surface area contributed by atoms with Crippen molar-refractivity contribution in [2.75, 3.05) is 31.8 Å². The van der Waals surface area contributed by atoms with Crippen LogP contribution in [0.4, 0.5) is 5.69 Å². The van der Waals surface area contributed by atoms with E-state index >= 15 is 0 Å². The molecular weight excluding hydrogens is 487 g/mol. The third-order valence-corrected chi connectivity index (χ3v) is 6.66. The lowest BCUT2D eigenvalue weighted by Gasteiger charge is -2.28. The van der Waals surface area contributed by atoms with Crippen molar-refractivity contribution in [1.29, 1.82) is 0 Å². The fourth-order valence-corrected chi connectivity index (χ4v) is 4.81. The lowest BCUT2D eigenvalue weighted by atomic mass is 10.1. The number of ether oxygens (including phenoxy) is 2. The highest BCUT2D eigenvalue weighted by Crippen LogP contribution is 2.32. The van der Waals surface area contributed by atoms with Gasteiger partial charge in [-0.1, -0.05) is 23.2 Å². The van der Waals surface area contributed by atoms with Crippen molar-refractivity contribution in [3.05, 3.63) is 61.8 Å². The maximum atomic E-state index is 12.4. The number of thiophene rings is 1. The summed E-state index contributed by atoms with van der Waals surface area (Å²) in [6, 6.07) is 7.07. The van der Waals surface area contributed by atoms with Gasteiger partial charge in [-0.15, -0.1) is 11.3 Å². The number of halogens is 2. The van der Waals surface area contributed by atoms with Crippen LogP contribution in [0.5, 0.6) is 0 Å². The molecule has 0 atom stereocenters. The molecular formula is C22H22Cl2N4O4S. The van der Waals surface area contributed by atoms with E-state index in [2.05, 4.69) is 10.3 Å². The minimum atomic E-state index is -0.214. The zero-order chi connectivity index (χ0) is 23.5. The smallest absolute Gasteiger partial charge is 0.261 e. The molecule has 11 heteroatoms. The van der Waals surface area contributed by atoms with Crippen molar-refractivity contribution < 1.29 is 19.1 Å². The number of nitrogens with zero attached hydrogens (tertiary/aromatic N) is 3. The fraction of sp³-hybridized carbons (Fsp3) is 0.318. The Morgan fingerprint density at radius 2 is 2.12 bits per heavy atom. The van der Waals surface area contributed by atoms with Crippen molar-refractivity contribution in [2.24, 2.45) is 0 Å². The minimum absolute atomic E-state index is 0.0450. The van der Waals surface area contributed by atoms with Gasteiger partial charge in [0, 0.05) is 19.9 Å². The van der Waals surface area contributed by atoms with Crippen LogP contribution in [0.25, 0.3) is 5.69 Å². The summed E-state index contributed by atoms with van der Waals surface area (Å²) in [7, 11) is 1.59. The van der Waals surface area contributed by atoms with Crippen molar-refractivity contribution >= 4 is 52.0 Å². The molecule has 2 aromatic heterocycles. The molecule has 2 amide bonds. The van der Waals surface area contributed by atoms with Gasteiger partial charge >= 0.3 is 0 Å². The van der Waals surface area contributed by atoms with Gasteiger partial charge in [-0.25, -0.2) is 4.98 Å². The van der Waals surface area contributed by atoms with E-state index in [9.17, 15) is 9.59 Å². The summed E-state index contributed by atoms with van der Waals surface area (Å²) in [6.45, 7) is 3.42. The van der Waals surface area contributed by atoms with E-state index < -0.39 is 0 Å². The molecule has 1 saturated heterocycles. The molecule has 1 aromatic carbocycles. The SMILES string of the molecule is COCc1nc(CNC(=O)c2ccc(Cl)s2)cn1-c1cc(Cl)c(N2CCOCC2=O)cc1C. The van der Waals surface area contributed by atoms with Crippen LogP contribution in [-0.2, 0) is 27.4 Å². The Hall–Kier alpha value is -2.43. The predicted molar refractivity (Wildman–Crippen MR) is 128 cm³/mol. The molecule has 0 radical (unpaired) electrons. The number of rotatable bonds is 7. The molecule has 1 fully saturated rings. The molecule has 8 nitrogen and oxygen atoms in total. The Bertz CT molecular complexity index is 1190. The van der Waals surface area contributed by atoms with Gasteiger partial charge in [0.15, 0.2) is 0 Å². The number of morpholine rings is 1. The van der Waals surface area contributed by atoms with Gasteiger partial charge < -0.3 is 24.3 Å². The average molecular weight is 509 g/mol. The van der Waals surface area contributed by atoms with Gasteiger partial charge in [-0.2, -0.15) is 0 Å². The molecule has 33 heavy (non-hydrogen) atoms. The van der Waals surface area contributed by atoms with Crippen LogP contribution in [0, 0.1) is 6.92 Å². The first-order valence-electron chi connectivity index (χ1n) is 10.2. The highest BCUT2D eigenvalue weighted by Gasteiger charge is 2.24. The second kappa shape index (κ2) is 10.2. The Morgan fingerprint density at radius 3 is 2.82 bits per heavy atom. The molecule has 4 rings (SSSR count). The van der Waals surface area contributed by atoms with Crippen molar-refractivity contribution in [2.45, 2.75) is 20.1 Å². The number of aromatic nitrogens is 2. The maximum absolute atomic E-state index is 12.4. The molecule has 3 aromatic rings. The molecule has 3 heterocycles. The highest BCUT2D eigenvalue weighted by molar-refractivity contribution is 7.18. The van der Waals surface area contributed by atoms with E-state index in [1.807, 2.05) is 29.8 Å². The van der Waals surface area contributed by atoms with Crippen molar-refractivity contribution in [3.63, 3.8) is 0 Å². The van der Waals surface area contributed by atoms with E-state index in [4.69, 9.17) is 32.7 Å². The molecule has 1 N–H and O–H groups in total. The molecule has 0 bridgehead atoms. The van der Waals surface area contributed by atoms with Gasteiger partial charge in [0.1, 0.15) is 19.0 Å². The Balaban J connectivity index is 1.60. The summed E-state index contributed by atoms with van der Waals surface area (Å²) in [4.78, 5) is 31.4. The summed E-state index contributed by atoms with van der Waals surface area (Å²) in [5.74, 6) is 0.326. The topological polar surface area (TPSA) is 85.7 Å². The Labute approximate surface area is 205 Å². The molecule has 0 aliphatic carbocycles. The zero-order valence-corrected chi connectivity index (χ0v) is 20.4. The van der Waals surface area contributed by atoms with E-state index in [0.717, 1.165) is 11.3 Å². The van der Waals surface area contributed by atoms with Crippen molar-refractivity contribution in [1.82, 2.24) is 14.9 Å². The quantitative estimate of drug-likeness (QED) is 0.521. The van der Waals surface area contributed by atoms with Crippen LogP contribution >= 0.6 is 34.5 Å². The summed E-state index contributed by atoms with van der Waals surface area (Å²) in [5, 5.41) is 3.31. The number of methoxy groups -OCH3 is 1. The standard InChI is InChI=1S/C22H22Cl2N4O4S/c1-13-7-17(27-5-6-32-12-21(27)29)15(23)8-16(13)28-10-14(26-20(28)11-31-2)9-25-22(30)18-3-4-19(24)33-18/h3-4,7-8,10H,5-6,9,11-12H2,1-2H3,(H,25,30). The first-order valence-corrected chi connectivity index (χ1v) is 11.7. The van der Waals surface area contributed by atoms with E-state index in [1.165, 1.54) is 11.3 Å². The second-order valence-electron chi connectivity index (χ2n) is 7.43. The van der Waals surface area contributed by atoms with Crippen LogP contribution in [0.1, 0.15) is 26.8 Å². The van der Waals surface area contributed by atoms with E-state index in [-0.39, 0.29) is 31.6 Å². The summed E-state index contributed by atoms with van der Waals surface area (Å²) in [5.41, 5.74) is 3.04. The molecule has 0 saturated carbocycles. The number of hydrogen-bond donors (Lipinski definition) is 1. The second-order valence-corrected chi connectivity index (χ2v) is 9.55. The third-order valence-electron chi connectivity index (χ3n) is 5.13. The monoisotopic (exact) mass is 508 g/mol. The number of amides is 2. The first-order chi connectivity index (χ1) is 15.9. The van der Waals surface area contributed by atoms with Crippen LogP contribution in [-0.4, -0.2) is 48.2 Å². The maximum Gasteiger partial charge on any atom is 0.261 e. The van der Waals surface area contributed by atoms with Gasteiger partial charge in [0.25, 0.3) is 11.8 Å². The van der Waals surface area contributed by atoms with Gasteiger partial charge in [0.2, 0.25) is 0 Å². The molecule has 1 aliphatic rings. The number of carbonyl (C=O) groups excluding carboxylic acids is 2. The van der Waals surface area contributed by atoms with Crippen LogP contribution in [0.15, 0.2) is 30.5 Å². The van der Waals surface area contributed by atoms with Gasteiger partial charge in [-0.05, 0) is 36.8 Å². The summed E-state index contributed by atoms with van der Waals surface area (Å²) >= 11 is 13.7. The van der Waals surface area contributed by atoms with Crippen LogP contribution in [0.3, 0.4) is 0 Å². The number of aryl methyl sites for hydroxylation is 1. The lowest BCUT2D eigenvalue weighted by Crippen LogP contribution is -2.41.